The molecule has 7 nitrogen and oxygen atoms in total. The molecule has 0 aliphatic carbocycles. The standard InChI is InChI=1S/C15H8Cl2F3N3O4/c16-10-3-1-7(5-9(10)15(18,19)20)21-13(24)14(25)22-12-6-8(23(26)27)2-4-11(12)17/h1-6H,(H,21,24)(H,22,25). The van der Waals surface area contributed by atoms with Gasteiger partial charge in [-0.15, -0.1) is 0 Å². The van der Waals surface area contributed by atoms with Crippen LogP contribution in [0.2, 0.25) is 10.0 Å². The molecular formula is C15H8Cl2F3N3O4. The van der Waals surface area contributed by atoms with Crippen LogP contribution in [0, 0.1) is 10.1 Å². The van der Waals surface area contributed by atoms with Gasteiger partial charge in [0.2, 0.25) is 0 Å². The summed E-state index contributed by atoms with van der Waals surface area (Å²) < 4.78 is 38.4. The van der Waals surface area contributed by atoms with Crippen molar-refractivity contribution in [1.82, 2.24) is 0 Å². The number of nitrogens with zero attached hydrogens (tertiary/aromatic N) is 1. The van der Waals surface area contributed by atoms with Gasteiger partial charge in [-0.25, -0.2) is 0 Å². The summed E-state index contributed by atoms with van der Waals surface area (Å²) in [6, 6.07) is 5.70. The second kappa shape index (κ2) is 7.80. The summed E-state index contributed by atoms with van der Waals surface area (Å²) >= 11 is 11.3. The van der Waals surface area contributed by atoms with Gasteiger partial charge >= 0.3 is 18.0 Å². The summed E-state index contributed by atoms with van der Waals surface area (Å²) in [6.45, 7) is 0. The van der Waals surface area contributed by atoms with Crippen LogP contribution in [0.3, 0.4) is 0 Å². The second-order valence-electron chi connectivity index (χ2n) is 5.02. The smallest absolute Gasteiger partial charge is 0.318 e. The first-order chi connectivity index (χ1) is 12.5. The Bertz CT molecular complexity index is 935. The summed E-state index contributed by atoms with van der Waals surface area (Å²) in [6.07, 6.45) is -4.75. The molecule has 0 unspecified atom stereocenters. The molecule has 142 valence electrons. The predicted octanol–water partition coefficient (Wildman–Crippen LogP) is 4.50. The molecule has 0 bridgehead atoms. The number of rotatable bonds is 3. The van der Waals surface area contributed by atoms with Gasteiger partial charge < -0.3 is 10.6 Å². The predicted molar refractivity (Wildman–Crippen MR) is 91.8 cm³/mol. The molecule has 0 heterocycles. The van der Waals surface area contributed by atoms with Crippen LogP contribution in [0.1, 0.15) is 5.56 Å². The molecule has 0 aliphatic heterocycles. The zero-order valence-electron chi connectivity index (χ0n) is 12.9. The van der Waals surface area contributed by atoms with Crippen LogP contribution >= 0.6 is 23.2 Å². The van der Waals surface area contributed by atoms with Crippen molar-refractivity contribution >= 4 is 52.1 Å². The summed E-state index contributed by atoms with van der Waals surface area (Å²) in [4.78, 5) is 33.8. The molecular weight excluding hydrogens is 414 g/mol. The molecule has 12 heteroatoms. The second-order valence-corrected chi connectivity index (χ2v) is 5.84. The van der Waals surface area contributed by atoms with Gasteiger partial charge in [-0.3, -0.25) is 19.7 Å². The highest BCUT2D eigenvalue weighted by atomic mass is 35.5. The van der Waals surface area contributed by atoms with Crippen molar-refractivity contribution in [2.24, 2.45) is 0 Å². The van der Waals surface area contributed by atoms with Crippen LogP contribution in [-0.4, -0.2) is 16.7 Å². The molecule has 0 aromatic heterocycles. The van der Waals surface area contributed by atoms with Gasteiger partial charge in [0.05, 0.1) is 26.2 Å². The first-order valence-corrected chi connectivity index (χ1v) is 7.67. The van der Waals surface area contributed by atoms with Crippen LogP contribution in [0.5, 0.6) is 0 Å². The lowest BCUT2D eigenvalue weighted by Crippen LogP contribution is -2.29. The number of alkyl halides is 3. The number of hydrogen-bond donors (Lipinski definition) is 2. The summed E-state index contributed by atoms with van der Waals surface area (Å²) in [5.41, 5.74) is -2.11. The molecule has 2 rings (SSSR count). The summed E-state index contributed by atoms with van der Waals surface area (Å²) in [7, 11) is 0. The van der Waals surface area contributed by atoms with E-state index < -0.39 is 33.5 Å². The molecule has 0 fully saturated rings. The van der Waals surface area contributed by atoms with Crippen molar-refractivity contribution in [2.75, 3.05) is 10.6 Å². The lowest BCUT2D eigenvalue weighted by Gasteiger charge is -2.12. The maximum atomic E-state index is 12.8. The zero-order valence-corrected chi connectivity index (χ0v) is 14.4. The monoisotopic (exact) mass is 421 g/mol. The van der Waals surface area contributed by atoms with Crippen molar-refractivity contribution in [3.05, 3.63) is 62.1 Å². The fourth-order valence-corrected chi connectivity index (χ4v) is 2.30. The first kappa shape index (κ1) is 20.5. The highest BCUT2D eigenvalue weighted by Crippen LogP contribution is 2.36. The zero-order chi connectivity index (χ0) is 20.4. The maximum Gasteiger partial charge on any atom is 0.417 e. The molecule has 0 radical (unpaired) electrons. The minimum absolute atomic E-state index is 0.0763. The average Bonchev–Trinajstić information content (AvgIpc) is 2.57. The van der Waals surface area contributed by atoms with E-state index >= 15 is 0 Å². The number of non-ortho nitro benzene ring substituents is 1. The van der Waals surface area contributed by atoms with E-state index in [-0.39, 0.29) is 22.1 Å². The number of anilines is 2. The largest absolute Gasteiger partial charge is 0.417 e. The van der Waals surface area contributed by atoms with Crippen molar-refractivity contribution < 1.29 is 27.7 Å². The van der Waals surface area contributed by atoms with Crippen LogP contribution in [0.4, 0.5) is 30.2 Å². The number of carbonyl (C=O) groups excluding carboxylic acids is 2. The Kier molecular flexibility index (Phi) is 5.91. The molecule has 2 N–H and O–H groups in total. The van der Waals surface area contributed by atoms with Crippen molar-refractivity contribution in [2.45, 2.75) is 6.18 Å². The van der Waals surface area contributed by atoms with E-state index in [4.69, 9.17) is 23.2 Å². The molecule has 2 amide bonds. The third-order valence-electron chi connectivity index (χ3n) is 3.14. The van der Waals surface area contributed by atoms with Gasteiger partial charge in [0.1, 0.15) is 0 Å². The SMILES string of the molecule is O=C(Nc1ccc(Cl)c(C(F)(F)F)c1)C(=O)Nc1cc([N+](=O)[O-])ccc1Cl. The van der Waals surface area contributed by atoms with E-state index in [2.05, 4.69) is 0 Å². The summed E-state index contributed by atoms with van der Waals surface area (Å²) in [5, 5.41) is 14.1. The van der Waals surface area contributed by atoms with Crippen LogP contribution < -0.4 is 10.6 Å². The normalized spacial score (nSPS) is 11.0. The Morgan fingerprint density at radius 1 is 0.963 bits per heavy atom. The van der Waals surface area contributed by atoms with E-state index in [0.717, 1.165) is 30.3 Å². The minimum Gasteiger partial charge on any atom is -0.318 e. The Morgan fingerprint density at radius 2 is 1.56 bits per heavy atom. The fraction of sp³-hybridized carbons (Fsp3) is 0.0667. The number of nitro benzene ring substituents is 1. The Labute approximate surface area is 159 Å². The van der Waals surface area contributed by atoms with Gasteiger partial charge in [0.25, 0.3) is 5.69 Å². The van der Waals surface area contributed by atoms with E-state index in [1.54, 1.807) is 0 Å². The van der Waals surface area contributed by atoms with E-state index in [0.29, 0.717) is 6.07 Å². The lowest BCUT2D eigenvalue weighted by molar-refractivity contribution is -0.384. The Morgan fingerprint density at radius 3 is 2.15 bits per heavy atom. The van der Waals surface area contributed by atoms with Crippen molar-refractivity contribution in [3.63, 3.8) is 0 Å². The van der Waals surface area contributed by atoms with Gasteiger partial charge in [0.15, 0.2) is 0 Å². The van der Waals surface area contributed by atoms with E-state index in [1.165, 1.54) is 0 Å². The highest BCUT2D eigenvalue weighted by molar-refractivity contribution is 6.45. The van der Waals surface area contributed by atoms with Crippen LogP contribution in [-0.2, 0) is 15.8 Å². The van der Waals surface area contributed by atoms with Crippen molar-refractivity contribution in [1.29, 1.82) is 0 Å². The molecule has 0 spiro atoms. The topological polar surface area (TPSA) is 101 Å². The third-order valence-corrected chi connectivity index (χ3v) is 3.80. The van der Waals surface area contributed by atoms with Gasteiger partial charge in [0, 0.05) is 17.8 Å². The van der Waals surface area contributed by atoms with E-state index in [1.807, 2.05) is 10.6 Å². The molecule has 0 atom stereocenters. The number of benzene rings is 2. The van der Waals surface area contributed by atoms with Crippen LogP contribution in [0.25, 0.3) is 0 Å². The Hall–Kier alpha value is -2.85. The number of hydrogen-bond acceptors (Lipinski definition) is 4. The molecule has 0 saturated heterocycles. The molecule has 27 heavy (non-hydrogen) atoms. The first-order valence-electron chi connectivity index (χ1n) is 6.92. The average molecular weight is 422 g/mol. The molecule has 2 aromatic carbocycles. The molecule has 0 aliphatic rings. The van der Waals surface area contributed by atoms with Gasteiger partial charge in [-0.1, -0.05) is 23.2 Å². The molecule has 0 saturated carbocycles. The van der Waals surface area contributed by atoms with E-state index in [9.17, 15) is 32.9 Å². The van der Waals surface area contributed by atoms with Crippen molar-refractivity contribution in [3.8, 4) is 0 Å². The van der Waals surface area contributed by atoms with Gasteiger partial charge in [-0.05, 0) is 24.3 Å². The number of carbonyl (C=O) groups is 2. The maximum absolute atomic E-state index is 12.8. The minimum atomic E-state index is -4.75. The van der Waals surface area contributed by atoms with Crippen LogP contribution in [0.15, 0.2) is 36.4 Å². The fourth-order valence-electron chi connectivity index (χ4n) is 1.91. The van der Waals surface area contributed by atoms with Gasteiger partial charge in [-0.2, -0.15) is 13.2 Å². The third kappa shape index (κ3) is 5.08. The quantitative estimate of drug-likeness (QED) is 0.432. The summed E-state index contributed by atoms with van der Waals surface area (Å²) in [5.74, 6) is -2.60. The highest BCUT2D eigenvalue weighted by Gasteiger charge is 2.33. The number of amides is 2. The Balaban J connectivity index is 2.17. The number of halogens is 5. The molecule has 2 aromatic rings. The lowest BCUT2D eigenvalue weighted by atomic mass is 10.2. The number of nitro groups is 1. The number of nitrogens with one attached hydrogen (secondary N) is 2.